The van der Waals surface area contributed by atoms with Gasteiger partial charge in [-0.15, -0.1) is 0 Å². The Hall–Kier alpha value is -2.74. The number of carbonyl (C=O) groups excluding carboxylic acids is 1. The number of hydrogen-bond donors (Lipinski definition) is 1. The van der Waals surface area contributed by atoms with Crippen LogP contribution in [0.1, 0.15) is 25.8 Å². The quantitative estimate of drug-likeness (QED) is 0.516. The molecular weight excluding hydrogens is 384 g/mol. The first-order valence-corrected chi connectivity index (χ1v) is 9.76. The van der Waals surface area contributed by atoms with E-state index in [0.29, 0.717) is 16.1 Å². The Balaban J connectivity index is 1.60. The van der Waals surface area contributed by atoms with Crippen LogP contribution in [0.15, 0.2) is 52.4 Å². The molecule has 4 rings (SSSR count). The van der Waals surface area contributed by atoms with E-state index in [0.717, 1.165) is 25.0 Å². The second kappa shape index (κ2) is 7.35. The average Bonchev–Trinajstić information content (AvgIpc) is 3.50. The minimum atomic E-state index is -1.03. The summed E-state index contributed by atoms with van der Waals surface area (Å²) >= 11 is 1.17. The van der Waals surface area contributed by atoms with Crippen molar-refractivity contribution in [1.29, 1.82) is 0 Å². The number of nitrogens with one attached hydrogen (secondary N) is 1. The maximum absolute atomic E-state index is 13.3. The third-order valence-electron chi connectivity index (χ3n) is 4.53. The first-order valence-electron chi connectivity index (χ1n) is 8.88. The minimum Gasteiger partial charge on any atom is -0.325 e. The molecule has 144 valence electrons. The molecular formula is C20H17F2N3O2S. The van der Waals surface area contributed by atoms with E-state index in [9.17, 15) is 18.4 Å². The Labute approximate surface area is 163 Å². The predicted molar refractivity (Wildman–Crippen MR) is 105 cm³/mol. The van der Waals surface area contributed by atoms with Gasteiger partial charge in [0.1, 0.15) is 0 Å². The Morgan fingerprint density at radius 1 is 1.21 bits per heavy atom. The lowest BCUT2D eigenvalue weighted by molar-refractivity contribution is -0.115. The van der Waals surface area contributed by atoms with Gasteiger partial charge in [-0.2, -0.15) is 0 Å². The fourth-order valence-corrected chi connectivity index (χ4v) is 3.87. The van der Waals surface area contributed by atoms with E-state index in [1.165, 1.54) is 17.8 Å². The predicted octanol–water partition coefficient (Wildman–Crippen LogP) is 4.13. The molecule has 8 heteroatoms. The zero-order chi connectivity index (χ0) is 19.8. The van der Waals surface area contributed by atoms with Crippen molar-refractivity contribution in [2.45, 2.75) is 36.2 Å². The molecule has 1 atom stereocenters. The molecule has 2 aromatic carbocycles. The zero-order valence-electron chi connectivity index (χ0n) is 15.0. The first-order chi connectivity index (χ1) is 13.4. The molecule has 0 bridgehead atoms. The molecule has 1 aliphatic rings. The van der Waals surface area contributed by atoms with Gasteiger partial charge in [0.05, 0.1) is 16.2 Å². The normalized spacial score (nSPS) is 14.8. The lowest BCUT2D eigenvalue weighted by atomic mass is 10.2. The van der Waals surface area contributed by atoms with E-state index < -0.39 is 16.9 Å². The van der Waals surface area contributed by atoms with Gasteiger partial charge in [-0.25, -0.2) is 13.8 Å². The lowest BCUT2D eigenvalue weighted by Gasteiger charge is -2.16. The number of benzene rings is 2. The van der Waals surface area contributed by atoms with Gasteiger partial charge in [0.15, 0.2) is 16.8 Å². The smallest absolute Gasteiger partial charge is 0.262 e. The fourth-order valence-electron chi connectivity index (χ4n) is 2.89. The molecule has 1 aliphatic carbocycles. The highest BCUT2D eigenvalue weighted by Gasteiger charge is 2.30. The highest BCUT2D eigenvalue weighted by molar-refractivity contribution is 8.00. The molecule has 0 spiro atoms. The van der Waals surface area contributed by atoms with E-state index in [1.807, 2.05) is 6.07 Å². The first kappa shape index (κ1) is 18.6. The minimum absolute atomic E-state index is 0.105. The summed E-state index contributed by atoms with van der Waals surface area (Å²) in [5, 5.41) is 3.01. The number of halogens is 2. The van der Waals surface area contributed by atoms with Crippen molar-refractivity contribution in [2.24, 2.45) is 0 Å². The van der Waals surface area contributed by atoms with E-state index >= 15 is 0 Å². The number of hydrogen-bond acceptors (Lipinski definition) is 4. The molecule has 1 aromatic heterocycles. The number of aromatic nitrogens is 2. The van der Waals surface area contributed by atoms with Crippen molar-refractivity contribution in [3.05, 3.63) is 64.5 Å². The highest BCUT2D eigenvalue weighted by Crippen LogP contribution is 2.37. The summed E-state index contributed by atoms with van der Waals surface area (Å²) in [6.07, 6.45) is 1.81. The van der Waals surface area contributed by atoms with Crippen LogP contribution >= 0.6 is 11.8 Å². The van der Waals surface area contributed by atoms with Crippen LogP contribution in [0.2, 0.25) is 0 Å². The largest absolute Gasteiger partial charge is 0.325 e. The number of carbonyl (C=O) groups is 1. The average molecular weight is 401 g/mol. The van der Waals surface area contributed by atoms with Gasteiger partial charge in [0, 0.05) is 17.8 Å². The molecule has 0 aliphatic heterocycles. The van der Waals surface area contributed by atoms with Crippen LogP contribution in [0.4, 0.5) is 14.5 Å². The molecule has 5 nitrogen and oxygen atoms in total. The molecule has 3 aromatic rings. The third kappa shape index (κ3) is 3.64. The molecule has 1 heterocycles. The van der Waals surface area contributed by atoms with Gasteiger partial charge in [0.2, 0.25) is 5.91 Å². The van der Waals surface area contributed by atoms with Crippen LogP contribution in [0.25, 0.3) is 10.9 Å². The number of anilines is 1. The molecule has 28 heavy (non-hydrogen) atoms. The second-order valence-corrected chi connectivity index (χ2v) is 8.00. The van der Waals surface area contributed by atoms with E-state index in [2.05, 4.69) is 10.3 Å². The van der Waals surface area contributed by atoms with Crippen LogP contribution < -0.4 is 10.9 Å². The van der Waals surface area contributed by atoms with E-state index in [-0.39, 0.29) is 23.2 Å². The van der Waals surface area contributed by atoms with E-state index in [4.69, 9.17) is 0 Å². The second-order valence-electron chi connectivity index (χ2n) is 6.70. The van der Waals surface area contributed by atoms with Gasteiger partial charge in [-0.1, -0.05) is 23.9 Å². The van der Waals surface area contributed by atoms with Gasteiger partial charge < -0.3 is 5.32 Å². The summed E-state index contributed by atoms with van der Waals surface area (Å²) < 4.78 is 28.0. The standard InChI is InChI=1S/C20H17F2N3O2S/c1-11(18(26)23-12-6-9-15(21)16(22)10-12)28-20-24-17-5-3-2-4-14(17)19(27)25(20)13-7-8-13/h2-6,9-11,13H,7-8H2,1H3,(H,23,26). The topological polar surface area (TPSA) is 64.0 Å². The van der Waals surface area contributed by atoms with Gasteiger partial charge in [-0.3, -0.25) is 14.2 Å². The summed E-state index contributed by atoms with van der Waals surface area (Å²) in [7, 11) is 0. The van der Waals surface area contributed by atoms with Gasteiger partial charge >= 0.3 is 0 Å². The molecule has 1 N–H and O–H groups in total. The number of nitrogens with zero attached hydrogens (tertiary/aromatic N) is 2. The number of thioether (sulfide) groups is 1. The monoisotopic (exact) mass is 401 g/mol. The van der Waals surface area contributed by atoms with Crippen LogP contribution in [-0.2, 0) is 4.79 Å². The van der Waals surface area contributed by atoms with Crippen LogP contribution in [0.3, 0.4) is 0 Å². The summed E-state index contributed by atoms with van der Waals surface area (Å²) in [5.41, 5.74) is 0.645. The van der Waals surface area contributed by atoms with Crippen molar-refractivity contribution in [3.63, 3.8) is 0 Å². The zero-order valence-corrected chi connectivity index (χ0v) is 15.8. The Morgan fingerprint density at radius 2 is 1.96 bits per heavy atom. The maximum atomic E-state index is 13.3. The van der Waals surface area contributed by atoms with Crippen molar-refractivity contribution >= 4 is 34.3 Å². The van der Waals surface area contributed by atoms with Crippen LogP contribution in [0, 0.1) is 11.6 Å². The van der Waals surface area contributed by atoms with Crippen LogP contribution in [0.5, 0.6) is 0 Å². The SMILES string of the molecule is CC(Sc1nc2ccccc2c(=O)n1C1CC1)C(=O)Nc1ccc(F)c(F)c1. The fraction of sp³-hybridized carbons (Fsp3) is 0.250. The number of fused-ring (bicyclic) bond motifs is 1. The van der Waals surface area contributed by atoms with Crippen molar-refractivity contribution in [1.82, 2.24) is 9.55 Å². The maximum Gasteiger partial charge on any atom is 0.262 e. The Kier molecular flexibility index (Phi) is 4.89. The van der Waals surface area contributed by atoms with E-state index in [1.54, 1.807) is 29.7 Å². The van der Waals surface area contributed by atoms with Gasteiger partial charge in [0.25, 0.3) is 5.56 Å². The molecule has 0 radical (unpaired) electrons. The van der Waals surface area contributed by atoms with Crippen molar-refractivity contribution in [3.8, 4) is 0 Å². The van der Waals surface area contributed by atoms with Crippen molar-refractivity contribution < 1.29 is 13.6 Å². The summed E-state index contributed by atoms with van der Waals surface area (Å²) in [4.78, 5) is 30.0. The third-order valence-corrected chi connectivity index (χ3v) is 5.59. The molecule has 1 saturated carbocycles. The number of amides is 1. The molecule has 0 saturated heterocycles. The summed E-state index contributed by atoms with van der Waals surface area (Å²) in [5.74, 6) is -2.40. The molecule has 1 unspecified atom stereocenters. The van der Waals surface area contributed by atoms with Crippen molar-refractivity contribution in [2.75, 3.05) is 5.32 Å². The Bertz CT molecular complexity index is 1130. The summed E-state index contributed by atoms with van der Waals surface area (Å²) in [6.45, 7) is 1.68. The summed E-state index contributed by atoms with van der Waals surface area (Å²) in [6, 6.07) is 10.4. The van der Waals surface area contributed by atoms with Gasteiger partial charge in [-0.05, 0) is 44.0 Å². The Morgan fingerprint density at radius 3 is 2.68 bits per heavy atom. The molecule has 1 amide bonds. The molecule has 1 fully saturated rings. The van der Waals surface area contributed by atoms with Crippen LogP contribution in [-0.4, -0.2) is 20.7 Å². The number of rotatable bonds is 5. The highest BCUT2D eigenvalue weighted by atomic mass is 32.2. The lowest BCUT2D eigenvalue weighted by Crippen LogP contribution is -2.26. The number of para-hydroxylation sites is 1.